The molecule has 1 aliphatic rings. The number of carbonyl (C=O) groups is 2. The third-order valence-electron chi connectivity index (χ3n) is 4.07. The Bertz CT molecular complexity index is 902. The molecular formula is C17H14F5N3O3S. The largest absolute Gasteiger partial charge is 0.434 e. The average Bonchev–Trinajstić information content (AvgIpc) is 3.21. The zero-order valence-corrected chi connectivity index (χ0v) is 15.4. The first-order valence-electron chi connectivity index (χ1n) is 8.27. The van der Waals surface area contributed by atoms with Crippen molar-refractivity contribution in [3.05, 3.63) is 29.6 Å². The summed E-state index contributed by atoms with van der Waals surface area (Å²) in [6.07, 6.45) is -4.87. The maximum absolute atomic E-state index is 12.5. The number of anilines is 1. The summed E-state index contributed by atoms with van der Waals surface area (Å²) in [4.78, 5) is 28.7. The number of halogens is 5. The molecule has 0 aliphatic carbocycles. The van der Waals surface area contributed by atoms with Crippen LogP contribution in [0.1, 0.15) is 6.42 Å². The summed E-state index contributed by atoms with van der Waals surface area (Å²) in [5.74, 6) is -2.41. The molecule has 0 saturated carbocycles. The minimum atomic E-state index is -4.54. The number of hydrogen-bond donors (Lipinski definition) is 1. The quantitative estimate of drug-likeness (QED) is 0.702. The predicted octanol–water partition coefficient (Wildman–Crippen LogP) is 3.76. The van der Waals surface area contributed by atoms with Crippen molar-refractivity contribution in [2.75, 3.05) is 18.4 Å². The van der Waals surface area contributed by atoms with E-state index in [1.807, 2.05) is 0 Å². The molecule has 1 saturated heterocycles. The molecule has 1 fully saturated rings. The van der Waals surface area contributed by atoms with Gasteiger partial charge < -0.3 is 15.0 Å². The first kappa shape index (κ1) is 21.0. The van der Waals surface area contributed by atoms with Gasteiger partial charge in [-0.1, -0.05) is 12.1 Å². The minimum Gasteiger partial charge on any atom is -0.434 e. The molecule has 2 heterocycles. The maximum atomic E-state index is 12.5. The molecule has 1 aromatic carbocycles. The SMILES string of the molecule is O=C(Nc1nc(-c2ccccc2OC(F)F)cs1)C1CC(=O)N(CC(F)(F)F)C1. The highest BCUT2D eigenvalue weighted by molar-refractivity contribution is 7.14. The minimum absolute atomic E-state index is 0.0881. The fraction of sp³-hybridized carbons (Fsp3) is 0.353. The van der Waals surface area contributed by atoms with E-state index in [-0.39, 0.29) is 35.1 Å². The fourth-order valence-electron chi connectivity index (χ4n) is 2.86. The van der Waals surface area contributed by atoms with Gasteiger partial charge in [0.15, 0.2) is 5.13 Å². The molecule has 2 aromatic rings. The molecule has 1 unspecified atom stereocenters. The summed E-state index contributed by atoms with van der Waals surface area (Å²) in [7, 11) is 0. The van der Waals surface area contributed by atoms with Gasteiger partial charge in [-0.15, -0.1) is 11.3 Å². The van der Waals surface area contributed by atoms with Crippen LogP contribution in [0, 0.1) is 5.92 Å². The lowest BCUT2D eigenvalue weighted by Gasteiger charge is -2.18. The molecule has 6 nitrogen and oxygen atoms in total. The van der Waals surface area contributed by atoms with Crippen LogP contribution in [-0.4, -0.2) is 47.6 Å². The fourth-order valence-corrected chi connectivity index (χ4v) is 3.57. The van der Waals surface area contributed by atoms with Crippen LogP contribution >= 0.6 is 11.3 Å². The summed E-state index contributed by atoms with van der Waals surface area (Å²) in [6, 6.07) is 5.98. The normalized spacial score (nSPS) is 17.1. The molecule has 0 spiro atoms. The Kier molecular flexibility index (Phi) is 6.01. The van der Waals surface area contributed by atoms with Crippen molar-refractivity contribution in [2.45, 2.75) is 19.2 Å². The van der Waals surface area contributed by atoms with Crippen molar-refractivity contribution in [1.29, 1.82) is 0 Å². The van der Waals surface area contributed by atoms with E-state index in [1.165, 1.54) is 23.6 Å². The average molecular weight is 435 g/mol. The van der Waals surface area contributed by atoms with E-state index in [1.54, 1.807) is 6.07 Å². The number of nitrogens with one attached hydrogen (secondary N) is 1. The van der Waals surface area contributed by atoms with Crippen LogP contribution in [0.15, 0.2) is 29.6 Å². The smallest absolute Gasteiger partial charge is 0.406 e. The highest BCUT2D eigenvalue weighted by atomic mass is 32.1. The molecule has 2 amide bonds. The van der Waals surface area contributed by atoms with E-state index in [0.717, 1.165) is 11.3 Å². The number of carbonyl (C=O) groups excluding carboxylic acids is 2. The van der Waals surface area contributed by atoms with Crippen molar-refractivity contribution in [3.8, 4) is 17.0 Å². The van der Waals surface area contributed by atoms with Crippen LogP contribution in [0.3, 0.4) is 0 Å². The maximum Gasteiger partial charge on any atom is 0.406 e. The van der Waals surface area contributed by atoms with Gasteiger partial charge in [-0.25, -0.2) is 4.98 Å². The van der Waals surface area contributed by atoms with Gasteiger partial charge in [0.25, 0.3) is 0 Å². The summed E-state index contributed by atoms with van der Waals surface area (Å²) in [5.41, 5.74) is 0.569. The number of benzene rings is 1. The third-order valence-corrected chi connectivity index (χ3v) is 4.83. The number of ether oxygens (including phenoxy) is 1. The molecule has 3 rings (SSSR count). The van der Waals surface area contributed by atoms with Crippen molar-refractivity contribution < 1.29 is 36.3 Å². The van der Waals surface area contributed by atoms with Gasteiger partial charge in [-0.2, -0.15) is 22.0 Å². The van der Waals surface area contributed by atoms with E-state index in [9.17, 15) is 31.5 Å². The Morgan fingerprint density at radius 3 is 2.76 bits per heavy atom. The Labute approximate surface area is 165 Å². The van der Waals surface area contributed by atoms with Crippen LogP contribution in [0.2, 0.25) is 0 Å². The van der Waals surface area contributed by atoms with Crippen molar-refractivity contribution >= 4 is 28.3 Å². The number of alkyl halides is 5. The summed E-state index contributed by atoms with van der Waals surface area (Å²) in [6.45, 7) is -4.76. The Morgan fingerprint density at radius 2 is 2.07 bits per heavy atom. The number of nitrogens with zero attached hydrogens (tertiary/aromatic N) is 2. The van der Waals surface area contributed by atoms with E-state index in [2.05, 4.69) is 15.0 Å². The van der Waals surface area contributed by atoms with E-state index in [0.29, 0.717) is 4.90 Å². The number of amides is 2. The van der Waals surface area contributed by atoms with Gasteiger partial charge in [-0.3, -0.25) is 9.59 Å². The molecular weight excluding hydrogens is 421 g/mol. The first-order valence-corrected chi connectivity index (χ1v) is 9.15. The van der Waals surface area contributed by atoms with Gasteiger partial charge in [0.05, 0.1) is 11.6 Å². The van der Waals surface area contributed by atoms with Crippen LogP contribution in [0.25, 0.3) is 11.3 Å². The molecule has 1 aliphatic heterocycles. The molecule has 0 radical (unpaired) electrons. The molecule has 1 aromatic heterocycles. The van der Waals surface area contributed by atoms with E-state index >= 15 is 0 Å². The molecule has 1 atom stereocenters. The van der Waals surface area contributed by atoms with E-state index in [4.69, 9.17) is 0 Å². The van der Waals surface area contributed by atoms with Gasteiger partial charge >= 0.3 is 12.8 Å². The molecule has 29 heavy (non-hydrogen) atoms. The lowest BCUT2D eigenvalue weighted by Crippen LogP contribution is -2.36. The summed E-state index contributed by atoms with van der Waals surface area (Å²) < 4.78 is 66.9. The second-order valence-corrected chi connectivity index (χ2v) is 7.05. The summed E-state index contributed by atoms with van der Waals surface area (Å²) >= 11 is 1.01. The zero-order chi connectivity index (χ0) is 21.2. The van der Waals surface area contributed by atoms with Crippen LogP contribution in [-0.2, 0) is 9.59 Å². The lowest BCUT2D eigenvalue weighted by atomic mass is 10.1. The number of aromatic nitrogens is 1. The number of rotatable bonds is 6. The molecule has 156 valence electrons. The van der Waals surface area contributed by atoms with Crippen molar-refractivity contribution in [1.82, 2.24) is 9.88 Å². The van der Waals surface area contributed by atoms with Crippen LogP contribution in [0.4, 0.5) is 27.1 Å². The Balaban J connectivity index is 1.67. The van der Waals surface area contributed by atoms with Gasteiger partial charge in [0.1, 0.15) is 12.3 Å². The summed E-state index contributed by atoms with van der Waals surface area (Å²) in [5, 5.41) is 4.09. The highest BCUT2D eigenvalue weighted by Crippen LogP contribution is 2.33. The predicted molar refractivity (Wildman–Crippen MR) is 93.6 cm³/mol. The standard InChI is InChI=1S/C17H14F5N3O3S/c18-15(19)28-12-4-2-1-3-10(12)11-7-29-16(23-11)24-14(27)9-5-13(26)25(6-9)8-17(20,21)22/h1-4,7,9,15H,5-6,8H2,(H,23,24,27). The lowest BCUT2D eigenvalue weighted by molar-refractivity contribution is -0.157. The highest BCUT2D eigenvalue weighted by Gasteiger charge is 2.40. The van der Waals surface area contributed by atoms with Crippen molar-refractivity contribution in [2.24, 2.45) is 5.92 Å². The van der Waals surface area contributed by atoms with Crippen molar-refractivity contribution in [3.63, 3.8) is 0 Å². The van der Waals surface area contributed by atoms with E-state index < -0.39 is 37.1 Å². The number of likely N-dealkylation sites (tertiary alicyclic amines) is 1. The van der Waals surface area contributed by atoms with Gasteiger partial charge in [-0.05, 0) is 12.1 Å². The van der Waals surface area contributed by atoms with Gasteiger partial charge in [0.2, 0.25) is 11.8 Å². The second kappa shape index (κ2) is 8.31. The first-order chi connectivity index (χ1) is 13.6. The van der Waals surface area contributed by atoms with Gasteiger partial charge in [0, 0.05) is 23.9 Å². The van der Waals surface area contributed by atoms with Crippen LogP contribution in [0.5, 0.6) is 5.75 Å². The number of thiazole rings is 1. The monoisotopic (exact) mass is 435 g/mol. The molecule has 12 heteroatoms. The Morgan fingerprint density at radius 1 is 1.34 bits per heavy atom. The molecule has 0 bridgehead atoms. The second-order valence-electron chi connectivity index (χ2n) is 6.19. The third kappa shape index (κ3) is 5.40. The topological polar surface area (TPSA) is 71.5 Å². The molecule has 1 N–H and O–H groups in total. The zero-order valence-electron chi connectivity index (χ0n) is 14.6. The van der Waals surface area contributed by atoms with Crippen LogP contribution < -0.4 is 10.1 Å². The Hall–Kier alpha value is -2.76. The number of para-hydroxylation sites is 1. The number of hydrogen-bond acceptors (Lipinski definition) is 5.